The Morgan fingerprint density at radius 1 is 1.08 bits per heavy atom. The molecular weight excluding hydrogens is 519 g/mol. The third-order valence-electron chi connectivity index (χ3n) is 5.20. The molecule has 0 aliphatic carbocycles. The third-order valence-corrected chi connectivity index (χ3v) is 5.39. The van der Waals surface area contributed by atoms with Crippen molar-refractivity contribution in [1.29, 1.82) is 0 Å². The average molecular weight is 542 g/mol. The Morgan fingerprint density at radius 3 is 2.42 bits per heavy atom. The van der Waals surface area contributed by atoms with E-state index in [1.807, 2.05) is 44.2 Å². The van der Waals surface area contributed by atoms with Gasteiger partial charge in [0.1, 0.15) is 12.1 Å². The summed E-state index contributed by atoms with van der Waals surface area (Å²) in [4.78, 5) is 8.62. The number of pyridine rings is 1. The van der Waals surface area contributed by atoms with Gasteiger partial charge in [-0.1, -0.05) is 24.3 Å². The number of nitrogens with zero attached hydrogens (tertiary/aromatic N) is 5. The minimum atomic E-state index is -4.75. The van der Waals surface area contributed by atoms with Gasteiger partial charge in [-0.25, -0.2) is 14.6 Å². The van der Waals surface area contributed by atoms with Crippen LogP contribution in [0.15, 0.2) is 66.0 Å². The number of rotatable bonds is 7. The monoisotopic (exact) mass is 541 g/mol. The van der Waals surface area contributed by atoms with Crippen LogP contribution in [0.5, 0.6) is 11.6 Å². The van der Waals surface area contributed by atoms with Crippen molar-refractivity contribution in [3.05, 3.63) is 77.7 Å². The molecule has 0 aliphatic rings. The molecule has 2 aromatic carbocycles. The van der Waals surface area contributed by atoms with Crippen molar-refractivity contribution in [1.82, 2.24) is 25.2 Å². The molecular formula is C25H22F3N7O2S. The highest BCUT2D eigenvalue weighted by molar-refractivity contribution is 7.80. The molecule has 0 atom stereocenters. The van der Waals surface area contributed by atoms with Gasteiger partial charge in [-0.2, -0.15) is 5.10 Å². The van der Waals surface area contributed by atoms with Crippen LogP contribution in [0.2, 0.25) is 0 Å². The predicted octanol–water partition coefficient (Wildman–Crippen LogP) is 5.17. The molecule has 2 aromatic heterocycles. The number of thiocarbonyl (C=S) groups is 1. The normalized spacial score (nSPS) is 11.4. The van der Waals surface area contributed by atoms with Crippen LogP contribution in [-0.4, -0.2) is 44.5 Å². The Balaban J connectivity index is 1.35. The lowest BCUT2D eigenvalue weighted by Gasteiger charge is -2.13. The number of aromatic nitrogens is 4. The van der Waals surface area contributed by atoms with Crippen molar-refractivity contribution in [2.75, 3.05) is 12.4 Å². The second-order valence-electron chi connectivity index (χ2n) is 7.94. The van der Waals surface area contributed by atoms with Crippen molar-refractivity contribution < 1.29 is 22.6 Å². The number of hydrogen-bond acceptors (Lipinski definition) is 7. The smallest absolute Gasteiger partial charge is 0.481 e. The summed E-state index contributed by atoms with van der Waals surface area (Å²) in [6, 6.07) is 14.5. The topological polar surface area (TPSA) is 98.5 Å². The number of aryl methyl sites for hydroxylation is 2. The Hall–Kier alpha value is -4.52. The first kappa shape index (κ1) is 26.5. The molecule has 0 amide bonds. The molecule has 0 fully saturated rings. The van der Waals surface area contributed by atoms with Gasteiger partial charge in [0, 0.05) is 11.6 Å². The first-order valence-electron chi connectivity index (χ1n) is 11.1. The van der Waals surface area contributed by atoms with Gasteiger partial charge < -0.3 is 14.8 Å². The highest BCUT2D eigenvalue weighted by Gasteiger charge is 2.31. The van der Waals surface area contributed by atoms with E-state index in [4.69, 9.17) is 17.0 Å². The van der Waals surface area contributed by atoms with Gasteiger partial charge >= 0.3 is 6.36 Å². The molecule has 9 nitrogen and oxygen atoms in total. The lowest BCUT2D eigenvalue weighted by atomic mass is 10.1. The quantitative estimate of drug-likeness (QED) is 0.188. The van der Waals surface area contributed by atoms with Gasteiger partial charge in [-0.15, -0.1) is 18.3 Å². The van der Waals surface area contributed by atoms with Gasteiger partial charge in [-0.05, 0) is 61.5 Å². The SMILES string of the molecule is COc1cc(C)c(NC(=S)NN=Cc2ccc(-c3ncn(-c4ccc(OC(F)(F)F)cc4)n3)cc2)c(C)n1. The summed E-state index contributed by atoms with van der Waals surface area (Å²) < 4.78 is 47.5. The molecule has 0 saturated heterocycles. The molecule has 0 spiro atoms. The Bertz CT molecular complexity index is 1430. The molecule has 2 heterocycles. The molecule has 0 radical (unpaired) electrons. The molecule has 0 saturated carbocycles. The summed E-state index contributed by atoms with van der Waals surface area (Å²) in [7, 11) is 1.56. The van der Waals surface area contributed by atoms with Crippen molar-refractivity contribution >= 4 is 29.2 Å². The summed E-state index contributed by atoms with van der Waals surface area (Å²) >= 11 is 5.32. The third kappa shape index (κ3) is 6.82. The summed E-state index contributed by atoms with van der Waals surface area (Å²) in [5, 5.41) is 12.0. The Morgan fingerprint density at radius 2 is 1.79 bits per heavy atom. The molecule has 38 heavy (non-hydrogen) atoms. The number of halogens is 3. The number of alkyl halides is 3. The lowest BCUT2D eigenvalue weighted by molar-refractivity contribution is -0.274. The molecule has 13 heteroatoms. The predicted molar refractivity (Wildman–Crippen MR) is 141 cm³/mol. The van der Waals surface area contributed by atoms with Crippen LogP contribution in [0.4, 0.5) is 18.9 Å². The number of anilines is 1. The highest BCUT2D eigenvalue weighted by Crippen LogP contribution is 2.24. The van der Waals surface area contributed by atoms with Crippen LogP contribution in [-0.2, 0) is 0 Å². The summed E-state index contributed by atoms with van der Waals surface area (Å²) in [6.45, 7) is 3.78. The number of hydrogen-bond donors (Lipinski definition) is 2. The summed E-state index contributed by atoms with van der Waals surface area (Å²) in [5.74, 6) is 0.667. The van der Waals surface area contributed by atoms with E-state index < -0.39 is 6.36 Å². The fraction of sp³-hybridized carbons (Fsp3) is 0.160. The van der Waals surface area contributed by atoms with E-state index in [2.05, 4.69) is 35.6 Å². The largest absolute Gasteiger partial charge is 0.573 e. The van der Waals surface area contributed by atoms with Crippen LogP contribution in [0, 0.1) is 13.8 Å². The van der Waals surface area contributed by atoms with Crippen molar-refractivity contribution in [2.24, 2.45) is 5.10 Å². The fourth-order valence-corrected chi connectivity index (χ4v) is 3.59. The number of nitrogens with one attached hydrogen (secondary N) is 2. The van der Waals surface area contributed by atoms with Crippen LogP contribution in [0.1, 0.15) is 16.8 Å². The van der Waals surface area contributed by atoms with Crippen LogP contribution < -0.4 is 20.2 Å². The molecule has 4 aromatic rings. The van der Waals surface area contributed by atoms with Crippen LogP contribution in [0.25, 0.3) is 17.1 Å². The molecule has 0 bridgehead atoms. The molecule has 2 N–H and O–H groups in total. The molecule has 0 aliphatic heterocycles. The van der Waals surface area contributed by atoms with Gasteiger partial charge in [0.15, 0.2) is 10.9 Å². The minimum absolute atomic E-state index is 0.309. The van der Waals surface area contributed by atoms with Gasteiger partial charge in [-0.3, -0.25) is 5.43 Å². The molecule has 196 valence electrons. The molecule has 0 unspecified atom stereocenters. The van der Waals surface area contributed by atoms with Gasteiger partial charge in [0.2, 0.25) is 5.88 Å². The van der Waals surface area contributed by atoms with E-state index >= 15 is 0 Å². The Kier molecular flexibility index (Phi) is 7.86. The van der Waals surface area contributed by atoms with Gasteiger partial charge in [0.25, 0.3) is 0 Å². The van der Waals surface area contributed by atoms with Gasteiger partial charge in [0.05, 0.1) is 30.4 Å². The number of benzene rings is 2. The number of ether oxygens (including phenoxy) is 2. The van der Waals surface area contributed by atoms with Crippen molar-refractivity contribution in [3.63, 3.8) is 0 Å². The van der Waals surface area contributed by atoms with Crippen LogP contribution >= 0.6 is 12.2 Å². The number of hydrazone groups is 1. The van der Waals surface area contributed by atoms with Crippen LogP contribution in [0.3, 0.4) is 0 Å². The molecule has 4 rings (SSSR count). The maximum atomic E-state index is 12.3. The van der Waals surface area contributed by atoms with E-state index in [0.29, 0.717) is 22.5 Å². The minimum Gasteiger partial charge on any atom is -0.481 e. The number of methoxy groups -OCH3 is 1. The zero-order valence-electron chi connectivity index (χ0n) is 20.4. The average Bonchev–Trinajstić information content (AvgIpc) is 3.36. The fourth-order valence-electron chi connectivity index (χ4n) is 3.44. The van der Waals surface area contributed by atoms with E-state index in [-0.39, 0.29) is 5.75 Å². The maximum Gasteiger partial charge on any atom is 0.573 e. The van der Waals surface area contributed by atoms with E-state index in [0.717, 1.165) is 28.1 Å². The first-order chi connectivity index (χ1) is 18.1. The van der Waals surface area contributed by atoms with Crippen molar-refractivity contribution in [3.8, 4) is 28.7 Å². The zero-order chi connectivity index (χ0) is 27.3. The summed E-state index contributed by atoms with van der Waals surface area (Å²) in [5.41, 5.74) is 7.33. The maximum absolute atomic E-state index is 12.3. The van der Waals surface area contributed by atoms with E-state index in [1.54, 1.807) is 13.3 Å². The van der Waals surface area contributed by atoms with Crippen molar-refractivity contribution in [2.45, 2.75) is 20.2 Å². The summed E-state index contributed by atoms with van der Waals surface area (Å²) in [6.07, 6.45) is -1.66. The van der Waals surface area contributed by atoms with E-state index in [1.165, 1.54) is 35.3 Å². The second kappa shape index (κ2) is 11.3. The second-order valence-corrected chi connectivity index (χ2v) is 8.35. The highest BCUT2D eigenvalue weighted by atomic mass is 32.1. The first-order valence-corrected chi connectivity index (χ1v) is 11.5. The lowest BCUT2D eigenvalue weighted by Crippen LogP contribution is -2.25. The Labute approximate surface area is 221 Å². The van der Waals surface area contributed by atoms with E-state index in [9.17, 15) is 13.2 Å². The zero-order valence-corrected chi connectivity index (χ0v) is 21.3. The standard InChI is InChI=1S/C25H22F3N7O2S/c1-15-12-21(36-3)31-16(2)22(15)32-24(38)33-30-13-17-4-6-18(7-5-17)23-29-14-35(34-23)19-8-10-20(11-9-19)37-25(26,27)28/h4-14H,1-3H3,(H2,32,33,38).